The van der Waals surface area contributed by atoms with Gasteiger partial charge in [0.2, 0.25) is 6.04 Å². The van der Waals surface area contributed by atoms with Crippen molar-refractivity contribution in [3.63, 3.8) is 0 Å². The monoisotopic (exact) mass is 688 g/mol. The zero-order chi connectivity index (χ0) is 36.3. The van der Waals surface area contributed by atoms with Crippen LogP contribution in [0, 0.1) is 0 Å². The summed E-state index contributed by atoms with van der Waals surface area (Å²) in [6, 6.07) is 46.1. The molecule has 1 N–H and O–H groups in total. The molecule has 0 saturated heterocycles. The molecule has 1 aliphatic heterocycles. The van der Waals surface area contributed by atoms with Gasteiger partial charge in [-0.2, -0.15) is 0 Å². The van der Waals surface area contributed by atoms with Gasteiger partial charge in [-0.05, 0) is 64.1 Å². The van der Waals surface area contributed by atoms with Crippen molar-refractivity contribution in [3.8, 4) is 22.5 Å². The van der Waals surface area contributed by atoms with Crippen molar-refractivity contribution in [2.24, 2.45) is 4.99 Å². The molecule has 0 amide bonds. The number of aliphatic carboxylic acids is 1. The fraction of sp³-hybridized carbons (Fsp3) is 0.209. The number of rotatable bonds is 12. The van der Waals surface area contributed by atoms with Gasteiger partial charge in [-0.3, -0.25) is 0 Å². The minimum Gasteiger partial charge on any atom is -0.541 e. The van der Waals surface area contributed by atoms with Crippen molar-refractivity contribution in [2.45, 2.75) is 57.3 Å². The van der Waals surface area contributed by atoms with E-state index in [1.54, 1.807) is 18.4 Å². The van der Waals surface area contributed by atoms with Crippen molar-refractivity contribution < 1.29 is 19.6 Å². The SMILES string of the molecule is CCCC1=NC(C(C)(C)O)C(C(=O)[O-])=[N+]1Cc1ccc(-c2ccccc2-c2nnnn2C(c2ccccc2)(c2ccccc2)c2ccccc2)cc1. The molecular weight excluding hydrogens is 649 g/mol. The van der Waals surface area contributed by atoms with E-state index in [1.807, 2.05) is 109 Å². The fourth-order valence-corrected chi connectivity index (χ4v) is 7.27. The maximum Gasteiger partial charge on any atom is 0.294 e. The Morgan fingerprint density at radius 3 is 1.79 bits per heavy atom. The number of aliphatic hydroxyl groups is 1. The summed E-state index contributed by atoms with van der Waals surface area (Å²) in [6.45, 7) is 5.44. The van der Waals surface area contributed by atoms with E-state index in [2.05, 4.69) is 57.8 Å². The summed E-state index contributed by atoms with van der Waals surface area (Å²) in [5.41, 5.74) is 4.38. The molecular formula is C43H40N6O3. The predicted molar refractivity (Wildman–Crippen MR) is 200 cm³/mol. The van der Waals surface area contributed by atoms with E-state index in [-0.39, 0.29) is 12.3 Å². The molecule has 1 unspecified atom stereocenters. The lowest BCUT2D eigenvalue weighted by Gasteiger charge is -2.36. The largest absolute Gasteiger partial charge is 0.541 e. The summed E-state index contributed by atoms with van der Waals surface area (Å²) in [4.78, 5) is 17.0. The Hall–Kier alpha value is -6.06. The molecule has 0 radical (unpaired) electrons. The molecule has 5 aromatic carbocycles. The lowest BCUT2D eigenvalue weighted by atomic mass is 9.77. The predicted octanol–water partition coefficient (Wildman–Crippen LogP) is 5.90. The Labute approximate surface area is 303 Å². The van der Waals surface area contributed by atoms with Crippen LogP contribution in [-0.2, 0) is 16.9 Å². The summed E-state index contributed by atoms with van der Waals surface area (Å²) < 4.78 is 3.62. The molecule has 9 heteroatoms. The first kappa shape index (κ1) is 34.4. The number of hydrogen-bond acceptors (Lipinski definition) is 7. The first-order valence-electron chi connectivity index (χ1n) is 17.5. The van der Waals surface area contributed by atoms with Gasteiger partial charge in [0.1, 0.15) is 23.7 Å². The first-order chi connectivity index (χ1) is 25.2. The molecule has 0 saturated carbocycles. The van der Waals surface area contributed by atoms with Gasteiger partial charge in [0, 0.05) is 5.56 Å². The molecule has 1 atom stereocenters. The Morgan fingerprint density at radius 2 is 1.29 bits per heavy atom. The Morgan fingerprint density at radius 1 is 0.769 bits per heavy atom. The van der Waals surface area contributed by atoms with Crippen LogP contribution >= 0.6 is 0 Å². The topological polar surface area (TPSA) is 119 Å². The summed E-state index contributed by atoms with van der Waals surface area (Å²) in [6.07, 6.45) is 1.36. The zero-order valence-corrected chi connectivity index (χ0v) is 29.4. The first-order valence-corrected chi connectivity index (χ1v) is 17.5. The number of hydrogen-bond donors (Lipinski definition) is 1. The second kappa shape index (κ2) is 14.3. The van der Waals surface area contributed by atoms with Crippen LogP contribution in [0.25, 0.3) is 22.5 Å². The number of carbonyl (C=O) groups is 1. The molecule has 0 aliphatic carbocycles. The number of nitrogens with zero attached hydrogens (tertiary/aromatic N) is 6. The number of carboxylic acids is 1. The van der Waals surface area contributed by atoms with Gasteiger partial charge in [-0.1, -0.05) is 151 Å². The maximum absolute atomic E-state index is 12.4. The number of amidine groups is 1. The smallest absolute Gasteiger partial charge is 0.294 e. The highest BCUT2D eigenvalue weighted by molar-refractivity contribution is 6.36. The average Bonchev–Trinajstić information content (AvgIpc) is 3.80. The van der Waals surface area contributed by atoms with Crippen molar-refractivity contribution in [3.05, 3.63) is 162 Å². The van der Waals surface area contributed by atoms with Crippen LogP contribution in [0.3, 0.4) is 0 Å². The van der Waals surface area contributed by atoms with Crippen LogP contribution in [0.15, 0.2) is 145 Å². The number of aromatic nitrogens is 4. The van der Waals surface area contributed by atoms with E-state index < -0.39 is 23.2 Å². The van der Waals surface area contributed by atoms with Gasteiger partial charge in [-0.15, -0.1) is 5.10 Å². The molecule has 1 aromatic heterocycles. The molecule has 6 aromatic rings. The number of carboxylic acid groups (broad SMARTS) is 1. The van der Waals surface area contributed by atoms with Crippen LogP contribution in [0.5, 0.6) is 0 Å². The molecule has 2 heterocycles. The summed E-state index contributed by atoms with van der Waals surface area (Å²) >= 11 is 0. The molecule has 9 nitrogen and oxygen atoms in total. The normalized spacial score (nSPS) is 14.8. The van der Waals surface area contributed by atoms with Crippen molar-refractivity contribution in [1.82, 2.24) is 20.2 Å². The van der Waals surface area contributed by atoms with Crippen LogP contribution in [-0.4, -0.2) is 59.0 Å². The molecule has 0 fully saturated rings. The quantitative estimate of drug-likeness (QED) is 0.126. The Balaban J connectivity index is 1.33. The average molecular weight is 689 g/mol. The van der Waals surface area contributed by atoms with Crippen LogP contribution in [0.2, 0.25) is 0 Å². The molecule has 260 valence electrons. The molecule has 0 bridgehead atoms. The van der Waals surface area contributed by atoms with Crippen LogP contribution < -0.4 is 5.11 Å². The van der Waals surface area contributed by atoms with Gasteiger partial charge in [-0.25, -0.2) is 9.26 Å². The van der Waals surface area contributed by atoms with Crippen molar-refractivity contribution in [2.75, 3.05) is 0 Å². The van der Waals surface area contributed by atoms with Crippen LogP contribution in [0.1, 0.15) is 55.9 Å². The highest BCUT2D eigenvalue weighted by Crippen LogP contribution is 2.43. The highest BCUT2D eigenvalue weighted by Gasteiger charge is 2.46. The molecule has 1 aliphatic rings. The van der Waals surface area contributed by atoms with Crippen LogP contribution in [0.4, 0.5) is 0 Å². The van der Waals surface area contributed by atoms with E-state index in [9.17, 15) is 15.0 Å². The molecule has 52 heavy (non-hydrogen) atoms. The van der Waals surface area contributed by atoms with E-state index in [0.717, 1.165) is 45.4 Å². The van der Waals surface area contributed by atoms with Gasteiger partial charge < -0.3 is 15.0 Å². The Kier molecular flexibility index (Phi) is 9.45. The number of tetrazole rings is 1. The third-order valence-corrected chi connectivity index (χ3v) is 9.63. The summed E-state index contributed by atoms with van der Waals surface area (Å²) in [5.74, 6) is -0.101. The van der Waals surface area contributed by atoms with E-state index in [1.165, 1.54) is 0 Å². The minimum atomic E-state index is -1.36. The zero-order valence-electron chi connectivity index (χ0n) is 29.4. The second-order valence-electron chi connectivity index (χ2n) is 13.6. The Bertz CT molecular complexity index is 2140. The highest BCUT2D eigenvalue weighted by atomic mass is 16.4. The minimum absolute atomic E-state index is 0.0176. The fourth-order valence-electron chi connectivity index (χ4n) is 7.27. The number of aliphatic imine (C=N–C) groups is 1. The van der Waals surface area contributed by atoms with E-state index >= 15 is 0 Å². The summed E-state index contributed by atoms with van der Waals surface area (Å²) in [7, 11) is 0. The number of benzene rings is 5. The van der Waals surface area contributed by atoms with Crippen molar-refractivity contribution in [1.29, 1.82) is 0 Å². The van der Waals surface area contributed by atoms with Gasteiger partial charge >= 0.3 is 0 Å². The second-order valence-corrected chi connectivity index (χ2v) is 13.6. The lowest BCUT2D eigenvalue weighted by Crippen LogP contribution is -2.49. The van der Waals surface area contributed by atoms with Gasteiger partial charge in [0.05, 0.1) is 6.42 Å². The summed E-state index contributed by atoms with van der Waals surface area (Å²) in [5, 5.41) is 36.8. The molecule has 7 rings (SSSR count). The van der Waals surface area contributed by atoms with E-state index in [0.29, 0.717) is 18.1 Å². The van der Waals surface area contributed by atoms with E-state index in [4.69, 9.17) is 5.21 Å². The van der Waals surface area contributed by atoms with Crippen molar-refractivity contribution >= 4 is 17.5 Å². The van der Waals surface area contributed by atoms with Gasteiger partial charge in [0.25, 0.3) is 5.84 Å². The number of carbonyl (C=O) groups excluding carboxylic acids is 1. The third kappa shape index (κ3) is 6.24. The standard InChI is InChI=1S/C43H40N6O3/c1-4-16-37-44-39(42(2,3)52)38(41(50)51)48(37)29-30-25-27-31(28-26-30)35-23-14-15-24-36(35)40-45-46-47-49(40)43(32-17-8-5-9-18-32,33-19-10-6-11-20-33)34-21-12-7-13-22-34/h5-15,17-28,39,52H,4,16,29H2,1-3H3. The lowest BCUT2D eigenvalue weighted by molar-refractivity contribution is -0.430. The third-order valence-electron chi connectivity index (χ3n) is 9.63. The van der Waals surface area contributed by atoms with Gasteiger partial charge in [0.15, 0.2) is 11.5 Å². The molecule has 0 spiro atoms. The maximum atomic E-state index is 12.4.